The van der Waals surface area contributed by atoms with Crippen LogP contribution in [0.5, 0.6) is 0 Å². The lowest BCUT2D eigenvalue weighted by molar-refractivity contribution is -0.116. The molecule has 0 N–H and O–H groups in total. The molecule has 0 radical (unpaired) electrons. The van der Waals surface area contributed by atoms with E-state index in [4.69, 9.17) is 4.74 Å². The quantitative estimate of drug-likeness (QED) is 0.399. The molecular weight excluding hydrogens is 527 g/mol. The molecule has 0 spiro atoms. The van der Waals surface area contributed by atoms with E-state index in [0.717, 1.165) is 54.8 Å². The number of nitrogens with zero attached hydrogens (tertiary/aromatic N) is 3. The van der Waals surface area contributed by atoms with Gasteiger partial charge in [0, 0.05) is 32.2 Å². The molecule has 1 saturated heterocycles. The first-order valence-electron chi connectivity index (χ1n) is 10.6. The van der Waals surface area contributed by atoms with Crippen LogP contribution >= 0.6 is 23.7 Å². The molecule has 190 valence electrons. The van der Waals surface area contributed by atoms with E-state index >= 15 is 0 Å². The maximum Gasteiger partial charge on any atom is 0.244 e. The van der Waals surface area contributed by atoms with Gasteiger partial charge in [-0.1, -0.05) is 11.3 Å². The van der Waals surface area contributed by atoms with Gasteiger partial charge in [-0.3, -0.25) is 14.6 Å². The molecule has 0 saturated carbocycles. The van der Waals surface area contributed by atoms with E-state index in [1.54, 1.807) is 0 Å². The Bertz CT molecular complexity index is 1280. The van der Waals surface area contributed by atoms with Gasteiger partial charge in [0.05, 0.1) is 22.8 Å². The number of sulfone groups is 1. The van der Waals surface area contributed by atoms with Gasteiger partial charge in [0.15, 0.2) is 20.8 Å². The Morgan fingerprint density at radius 2 is 1.77 bits per heavy atom. The molecule has 1 aliphatic rings. The molecule has 3 aromatic rings. The van der Waals surface area contributed by atoms with Crippen LogP contribution in [0.25, 0.3) is 10.2 Å². The van der Waals surface area contributed by atoms with Crippen molar-refractivity contribution in [1.29, 1.82) is 0 Å². The number of halogens is 4. The molecule has 2 aromatic carbocycles. The number of aromatic nitrogens is 1. The fraction of sp³-hybridized carbons (Fsp3) is 0.364. The van der Waals surface area contributed by atoms with Crippen molar-refractivity contribution >= 4 is 54.8 Å². The van der Waals surface area contributed by atoms with Gasteiger partial charge < -0.3 is 4.74 Å². The largest absolute Gasteiger partial charge is 0.379 e. The average Bonchev–Trinajstić information content (AvgIpc) is 3.21. The van der Waals surface area contributed by atoms with Crippen LogP contribution in [0.3, 0.4) is 0 Å². The number of carbonyl (C=O) groups excluding carboxylic acids is 1. The van der Waals surface area contributed by atoms with Gasteiger partial charge in [-0.25, -0.2) is 26.6 Å². The Morgan fingerprint density at radius 3 is 2.46 bits per heavy atom. The summed E-state index contributed by atoms with van der Waals surface area (Å²) >= 11 is 0.908. The predicted molar refractivity (Wildman–Crippen MR) is 129 cm³/mol. The minimum absolute atomic E-state index is 0. The molecule has 2 heterocycles. The molecule has 4 rings (SSSR count). The minimum atomic E-state index is -4.06. The lowest BCUT2D eigenvalue weighted by Gasteiger charge is -2.27. The summed E-state index contributed by atoms with van der Waals surface area (Å²) in [6.07, 6.45) is 0.509. The Kier molecular flexibility index (Phi) is 9.11. The normalized spacial score (nSPS) is 14.6. The van der Waals surface area contributed by atoms with Crippen LogP contribution in [0.2, 0.25) is 0 Å². The summed E-state index contributed by atoms with van der Waals surface area (Å²) in [7, 11) is -4.06. The lowest BCUT2D eigenvalue weighted by atomic mass is 10.3. The van der Waals surface area contributed by atoms with E-state index in [2.05, 4.69) is 9.88 Å². The van der Waals surface area contributed by atoms with E-state index in [1.807, 2.05) is 0 Å². The van der Waals surface area contributed by atoms with Crippen molar-refractivity contribution in [2.45, 2.75) is 11.3 Å². The zero-order valence-electron chi connectivity index (χ0n) is 18.5. The van der Waals surface area contributed by atoms with Gasteiger partial charge in [-0.05, 0) is 36.8 Å². The van der Waals surface area contributed by atoms with Gasteiger partial charge in [-0.15, -0.1) is 12.4 Å². The maximum atomic E-state index is 14.2. The van der Waals surface area contributed by atoms with Crippen LogP contribution in [0.15, 0.2) is 41.3 Å². The second-order valence-corrected chi connectivity index (χ2v) is 10.8. The molecule has 0 aliphatic carbocycles. The predicted octanol–water partition coefficient (Wildman–Crippen LogP) is 3.66. The summed E-state index contributed by atoms with van der Waals surface area (Å²) in [4.78, 5) is 20.5. The first-order chi connectivity index (χ1) is 16.2. The van der Waals surface area contributed by atoms with Crippen molar-refractivity contribution in [2.24, 2.45) is 0 Å². The van der Waals surface area contributed by atoms with Crippen molar-refractivity contribution < 1.29 is 31.1 Å². The monoisotopic (exact) mass is 549 g/mol. The highest BCUT2D eigenvalue weighted by Gasteiger charge is 2.27. The number of amides is 1. The van der Waals surface area contributed by atoms with Crippen molar-refractivity contribution in [3.05, 3.63) is 53.8 Å². The number of thiazole rings is 1. The summed E-state index contributed by atoms with van der Waals surface area (Å²) in [6.45, 7) is 3.50. The molecule has 35 heavy (non-hydrogen) atoms. The molecule has 1 aromatic heterocycles. The summed E-state index contributed by atoms with van der Waals surface area (Å²) in [5, 5.41) is 0.0841. The number of hydrogen-bond donors (Lipinski definition) is 0. The topological polar surface area (TPSA) is 79.8 Å². The van der Waals surface area contributed by atoms with E-state index in [0.29, 0.717) is 32.2 Å². The Morgan fingerprint density at radius 1 is 1.09 bits per heavy atom. The second kappa shape index (κ2) is 11.7. The molecule has 13 heteroatoms. The van der Waals surface area contributed by atoms with Gasteiger partial charge in [0.1, 0.15) is 22.9 Å². The molecular formula is C22H23ClF3N3O4S2. The highest BCUT2D eigenvalue weighted by atomic mass is 35.5. The highest BCUT2D eigenvalue weighted by molar-refractivity contribution is 7.92. The van der Waals surface area contributed by atoms with Crippen molar-refractivity contribution in [3.63, 3.8) is 0 Å². The smallest absolute Gasteiger partial charge is 0.244 e. The van der Waals surface area contributed by atoms with Crippen molar-refractivity contribution in [1.82, 2.24) is 9.88 Å². The Hall–Kier alpha value is -2.25. The van der Waals surface area contributed by atoms with Crippen LogP contribution in [-0.2, 0) is 19.4 Å². The van der Waals surface area contributed by atoms with Gasteiger partial charge >= 0.3 is 0 Å². The molecule has 7 nitrogen and oxygen atoms in total. The number of fused-ring (bicyclic) bond motifs is 1. The summed E-state index contributed by atoms with van der Waals surface area (Å²) in [6, 6.07) is 6.01. The molecule has 1 fully saturated rings. The van der Waals surface area contributed by atoms with Gasteiger partial charge in [-0.2, -0.15) is 0 Å². The SMILES string of the molecule is Cl.O=C(CS(=O)(=O)c1ccc(F)cc1)N(CCCN1CCOCC1)c1nc2c(F)cc(F)cc2s1. The number of carbonyl (C=O) groups is 1. The molecule has 1 aliphatic heterocycles. The number of anilines is 1. The third-order valence-electron chi connectivity index (χ3n) is 5.38. The maximum absolute atomic E-state index is 14.2. The van der Waals surface area contributed by atoms with Gasteiger partial charge in [0.2, 0.25) is 5.91 Å². The third kappa shape index (κ3) is 6.70. The van der Waals surface area contributed by atoms with Crippen molar-refractivity contribution in [3.8, 4) is 0 Å². The van der Waals surface area contributed by atoms with E-state index < -0.39 is 38.9 Å². The summed E-state index contributed by atoms with van der Waals surface area (Å²) in [5.74, 6) is -3.87. The van der Waals surface area contributed by atoms with Crippen LogP contribution in [0.4, 0.5) is 18.3 Å². The van der Waals surface area contributed by atoms with E-state index in [1.165, 1.54) is 4.90 Å². The minimum Gasteiger partial charge on any atom is -0.379 e. The zero-order valence-corrected chi connectivity index (χ0v) is 20.9. The summed E-state index contributed by atoms with van der Waals surface area (Å²) in [5.41, 5.74) is -0.0891. The number of hydrogen-bond acceptors (Lipinski definition) is 7. The van der Waals surface area contributed by atoms with E-state index in [-0.39, 0.29) is 39.2 Å². The molecule has 0 atom stereocenters. The van der Waals surface area contributed by atoms with Gasteiger partial charge in [0.25, 0.3) is 0 Å². The number of benzene rings is 2. The standard InChI is InChI=1S/C22H22F3N3O4S2.ClH/c23-15-2-4-17(5-3-15)34(30,31)14-20(29)28(7-1-6-27-8-10-32-11-9-27)22-26-21-18(25)12-16(24)13-19(21)33-22;/h2-5,12-13H,1,6-11,14H2;1H. The Labute approximate surface area is 210 Å². The molecule has 0 bridgehead atoms. The average molecular weight is 550 g/mol. The zero-order chi connectivity index (χ0) is 24.3. The number of morpholine rings is 1. The lowest BCUT2D eigenvalue weighted by Crippen LogP contribution is -2.40. The van der Waals surface area contributed by atoms with Crippen molar-refractivity contribution in [2.75, 3.05) is 50.0 Å². The number of rotatable bonds is 8. The fourth-order valence-electron chi connectivity index (χ4n) is 3.63. The first-order valence-corrected chi connectivity index (χ1v) is 13.0. The highest BCUT2D eigenvalue weighted by Crippen LogP contribution is 2.31. The third-order valence-corrected chi connectivity index (χ3v) is 8.02. The first kappa shape index (κ1) is 27.3. The van der Waals surface area contributed by atoms with Crippen LogP contribution in [0.1, 0.15) is 6.42 Å². The fourth-order valence-corrected chi connectivity index (χ4v) is 5.88. The van der Waals surface area contributed by atoms with E-state index in [9.17, 15) is 26.4 Å². The molecule has 0 unspecified atom stereocenters. The second-order valence-electron chi connectivity index (χ2n) is 7.80. The number of ether oxygens (including phenoxy) is 1. The Balaban J connectivity index is 0.00000342. The van der Waals surface area contributed by atoms with Crippen LogP contribution < -0.4 is 4.90 Å². The van der Waals surface area contributed by atoms with Crippen LogP contribution in [-0.4, -0.2) is 69.4 Å². The van der Waals surface area contributed by atoms with Crippen LogP contribution in [0, 0.1) is 17.5 Å². The summed E-state index contributed by atoms with van der Waals surface area (Å²) < 4.78 is 72.1. The molecule has 1 amide bonds.